The van der Waals surface area contributed by atoms with Gasteiger partial charge in [0.25, 0.3) is 5.91 Å². The van der Waals surface area contributed by atoms with Gasteiger partial charge in [0.2, 0.25) is 0 Å². The SMILES string of the molecule is O=C(Nc1ccc2nc(-c3ccncc3)[nH]c2c1)c1ccoc1. The first kappa shape index (κ1) is 13.3. The molecule has 0 saturated heterocycles. The Morgan fingerprint density at radius 2 is 2.00 bits per heavy atom. The molecule has 2 N–H and O–H groups in total. The number of amides is 1. The maximum atomic E-state index is 12.0. The number of aromatic nitrogens is 3. The number of carbonyl (C=O) groups excluding carboxylic acids is 1. The van der Waals surface area contributed by atoms with E-state index >= 15 is 0 Å². The maximum absolute atomic E-state index is 12.0. The number of nitrogens with one attached hydrogen (secondary N) is 2. The third kappa shape index (κ3) is 2.57. The Hall–Kier alpha value is -3.41. The number of fused-ring (bicyclic) bond motifs is 1. The van der Waals surface area contributed by atoms with Gasteiger partial charge in [-0.2, -0.15) is 0 Å². The van der Waals surface area contributed by atoms with Crippen molar-refractivity contribution in [2.75, 3.05) is 5.32 Å². The van der Waals surface area contributed by atoms with Crippen LogP contribution >= 0.6 is 0 Å². The highest BCUT2D eigenvalue weighted by molar-refractivity contribution is 6.04. The van der Waals surface area contributed by atoms with Crippen LogP contribution in [0.2, 0.25) is 0 Å². The van der Waals surface area contributed by atoms with Gasteiger partial charge in [-0.15, -0.1) is 0 Å². The van der Waals surface area contributed by atoms with Crippen LogP contribution in [0.3, 0.4) is 0 Å². The van der Waals surface area contributed by atoms with Gasteiger partial charge < -0.3 is 14.7 Å². The molecule has 0 aliphatic carbocycles. The van der Waals surface area contributed by atoms with Crippen molar-refractivity contribution in [1.29, 1.82) is 0 Å². The Labute approximate surface area is 131 Å². The van der Waals surface area contributed by atoms with Gasteiger partial charge in [-0.05, 0) is 36.4 Å². The van der Waals surface area contributed by atoms with Gasteiger partial charge in [0, 0.05) is 23.6 Å². The van der Waals surface area contributed by atoms with Crippen LogP contribution in [0.4, 0.5) is 5.69 Å². The van der Waals surface area contributed by atoms with Gasteiger partial charge in [0.1, 0.15) is 12.1 Å². The average Bonchev–Trinajstić information content (AvgIpc) is 3.25. The molecule has 0 unspecified atom stereocenters. The third-order valence-electron chi connectivity index (χ3n) is 3.48. The number of rotatable bonds is 3. The first-order chi connectivity index (χ1) is 11.3. The summed E-state index contributed by atoms with van der Waals surface area (Å²) >= 11 is 0. The van der Waals surface area contributed by atoms with Crippen LogP contribution in [0, 0.1) is 0 Å². The molecule has 1 amide bonds. The second-order valence-electron chi connectivity index (χ2n) is 5.02. The van der Waals surface area contributed by atoms with Crippen molar-refractivity contribution in [2.45, 2.75) is 0 Å². The smallest absolute Gasteiger partial charge is 0.258 e. The number of furan rings is 1. The predicted octanol–water partition coefficient (Wildman–Crippen LogP) is 3.47. The van der Waals surface area contributed by atoms with E-state index in [1.807, 2.05) is 30.3 Å². The summed E-state index contributed by atoms with van der Waals surface area (Å²) in [4.78, 5) is 23.8. The summed E-state index contributed by atoms with van der Waals surface area (Å²) in [7, 11) is 0. The van der Waals surface area contributed by atoms with Gasteiger partial charge in [-0.1, -0.05) is 0 Å². The average molecular weight is 304 g/mol. The molecule has 23 heavy (non-hydrogen) atoms. The first-order valence-electron chi connectivity index (χ1n) is 7.03. The summed E-state index contributed by atoms with van der Waals surface area (Å²) in [5, 5.41) is 2.83. The number of hydrogen-bond donors (Lipinski definition) is 2. The lowest BCUT2D eigenvalue weighted by atomic mass is 10.2. The standard InChI is InChI=1S/C17H12N4O2/c22-17(12-5-8-23-10-12)19-13-1-2-14-15(9-13)21-16(20-14)11-3-6-18-7-4-11/h1-10H,(H,19,22)(H,20,21). The van der Waals surface area contributed by atoms with Crippen molar-refractivity contribution in [3.63, 3.8) is 0 Å². The van der Waals surface area contributed by atoms with E-state index in [1.165, 1.54) is 12.5 Å². The Bertz CT molecular complexity index is 959. The normalized spacial score (nSPS) is 10.8. The number of aromatic amines is 1. The second-order valence-corrected chi connectivity index (χ2v) is 5.02. The van der Waals surface area contributed by atoms with Crippen LogP contribution in [0.5, 0.6) is 0 Å². The zero-order valence-corrected chi connectivity index (χ0v) is 12.0. The van der Waals surface area contributed by atoms with Crippen LogP contribution in [0.25, 0.3) is 22.4 Å². The molecule has 0 saturated carbocycles. The van der Waals surface area contributed by atoms with Crippen molar-refractivity contribution in [1.82, 2.24) is 15.0 Å². The monoisotopic (exact) mass is 304 g/mol. The molecule has 0 radical (unpaired) electrons. The summed E-state index contributed by atoms with van der Waals surface area (Å²) in [6, 6.07) is 10.9. The minimum absolute atomic E-state index is 0.216. The van der Waals surface area contributed by atoms with E-state index in [1.54, 1.807) is 18.5 Å². The summed E-state index contributed by atoms with van der Waals surface area (Å²) in [6.07, 6.45) is 6.32. The molecule has 0 aliphatic rings. The molecule has 4 rings (SSSR count). The van der Waals surface area contributed by atoms with Crippen molar-refractivity contribution in [3.05, 3.63) is 66.9 Å². The number of carbonyl (C=O) groups is 1. The van der Waals surface area contributed by atoms with Crippen molar-refractivity contribution in [3.8, 4) is 11.4 Å². The van der Waals surface area contributed by atoms with Crippen LogP contribution in [0.15, 0.2) is 65.7 Å². The molecule has 6 nitrogen and oxygen atoms in total. The molecular formula is C17H12N4O2. The number of pyridine rings is 1. The van der Waals surface area contributed by atoms with E-state index in [9.17, 15) is 4.79 Å². The van der Waals surface area contributed by atoms with E-state index in [0.29, 0.717) is 11.3 Å². The Kier molecular flexibility index (Phi) is 3.12. The largest absolute Gasteiger partial charge is 0.472 e. The van der Waals surface area contributed by atoms with Gasteiger partial charge in [0.05, 0.1) is 22.9 Å². The number of hydrogen-bond acceptors (Lipinski definition) is 4. The molecule has 3 heterocycles. The molecule has 0 aliphatic heterocycles. The van der Waals surface area contributed by atoms with Gasteiger partial charge >= 0.3 is 0 Å². The molecule has 0 fully saturated rings. The van der Waals surface area contributed by atoms with Gasteiger partial charge in [0.15, 0.2) is 0 Å². The van der Waals surface area contributed by atoms with Crippen molar-refractivity contribution >= 4 is 22.6 Å². The fourth-order valence-electron chi connectivity index (χ4n) is 2.33. The Morgan fingerprint density at radius 3 is 2.78 bits per heavy atom. The summed E-state index contributed by atoms with van der Waals surface area (Å²) in [5.41, 5.74) is 3.81. The third-order valence-corrected chi connectivity index (χ3v) is 3.48. The zero-order valence-electron chi connectivity index (χ0n) is 12.0. The first-order valence-corrected chi connectivity index (χ1v) is 7.03. The molecule has 0 spiro atoms. The quantitative estimate of drug-likeness (QED) is 0.607. The number of imidazole rings is 1. The van der Waals surface area contributed by atoms with E-state index in [4.69, 9.17) is 4.42 Å². The van der Waals surface area contributed by atoms with Gasteiger partial charge in [-0.25, -0.2) is 4.98 Å². The predicted molar refractivity (Wildman–Crippen MR) is 86.0 cm³/mol. The molecular weight excluding hydrogens is 292 g/mol. The number of benzene rings is 1. The fraction of sp³-hybridized carbons (Fsp3) is 0. The highest BCUT2D eigenvalue weighted by atomic mass is 16.3. The highest BCUT2D eigenvalue weighted by Crippen LogP contribution is 2.22. The van der Waals surface area contributed by atoms with Crippen LogP contribution in [-0.4, -0.2) is 20.9 Å². The van der Waals surface area contributed by atoms with E-state index in [0.717, 1.165) is 22.4 Å². The van der Waals surface area contributed by atoms with Crippen molar-refractivity contribution < 1.29 is 9.21 Å². The fourth-order valence-corrected chi connectivity index (χ4v) is 2.33. The van der Waals surface area contributed by atoms with Crippen LogP contribution in [0.1, 0.15) is 10.4 Å². The molecule has 0 atom stereocenters. The lowest BCUT2D eigenvalue weighted by Gasteiger charge is -2.02. The van der Waals surface area contributed by atoms with E-state index in [-0.39, 0.29) is 5.91 Å². The molecule has 6 heteroatoms. The molecule has 4 aromatic rings. The summed E-state index contributed by atoms with van der Waals surface area (Å²) in [5.74, 6) is 0.549. The van der Waals surface area contributed by atoms with Crippen LogP contribution in [-0.2, 0) is 0 Å². The minimum Gasteiger partial charge on any atom is -0.472 e. The Morgan fingerprint density at radius 1 is 1.13 bits per heavy atom. The lowest BCUT2D eigenvalue weighted by molar-refractivity contribution is 0.102. The maximum Gasteiger partial charge on any atom is 0.258 e. The molecule has 0 bridgehead atoms. The highest BCUT2D eigenvalue weighted by Gasteiger charge is 2.09. The van der Waals surface area contributed by atoms with Crippen LogP contribution < -0.4 is 5.32 Å². The molecule has 112 valence electrons. The molecule has 1 aromatic carbocycles. The summed E-state index contributed by atoms with van der Waals surface area (Å²) < 4.78 is 4.91. The van der Waals surface area contributed by atoms with E-state index < -0.39 is 0 Å². The zero-order chi connectivity index (χ0) is 15.6. The minimum atomic E-state index is -0.216. The summed E-state index contributed by atoms with van der Waals surface area (Å²) in [6.45, 7) is 0. The number of H-pyrrole nitrogens is 1. The molecule has 3 aromatic heterocycles. The second kappa shape index (κ2) is 5.42. The number of anilines is 1. The van der Waals surface area contributed by atoms with Gasteiger partial charge in [-0.3, -0.25) is 9.78 Å². The Balaban J connectivity index is 1.64. The lowest BCUT2D eigenvalue weighted by Crippen LogP contribution is -2.10. The van der Waals surface area contributed by atoms with Crippen molar-refractivity contribution in [2.24, 2.45) is 0 Å². The van der Waals surface area contributed by atoms with E-state index in [2.05, 4.69) is 20.3 Å². The topological polar surface area (TPSA) is 83.8 Å². The number of nitrogens with zero attached hydrogens (tertiary/aromatic N) is 2.